The Bertz CT molecular complexity index is 1300. The lowest BCUT2D eigenvalue weighted by molar-refractivity contribution is 0.104. The maximum atomic E-state index is 14.0. The zero-order valence-corrected chi connectivity index (χ0v) is 20.6. The van der Waals surface area contributed by atoms with Gasteiger partial charge in [-0.3, -0.25) is 4.79 Å². The average molecular weight is 479 g/mol. The predicted octanol–water partition coefficient (Wildman–Crippen LogP) is 6.23. The van der Waals surface area contributed by atoms with E-state index in [-0.39, 0.29) is 5.78 Å². The first-order valence-electron chi connectivity index (χ1n) is 10.7. The molecule has 0 atom stereocenters. The third kappa shape index (κ3) is 4.26. The first-order chi connectivity index (χ1) is 16.5. The van der Waals surface area contributed by atoms with Gasteiger partial charge in [0.25, 0.3) is 0 Å². The van der Waals surface area contributed by atoms with Crippen LogP contribution in [0, 0.1) is 0 Å². The van der Waals surface area contributed by atoms with E-state index in [9.17, 15) is 4.79 Å². The molecule has 0 aliphatic carbocycles. The molecule has 34 heavy (non-hydrogen) atoms. The molecule has 1 aromatic heterocycles. The van der Waals surface area contributed by atoms with Crippen molar-refractivity contribution in [1.82, 2.24) is 0 Å². The van der Waals surface area contributed by atoms with Gasteiger partial charge in [-0.25, -0.2) is 0 Å². The highest BCUT2D eigenvalue weighted by atomic mass is 32.1. The summed E-state index contributed by atoms with van der Waals surface area (Å²) in [4.78, 5) is 14.9. The molecule has 1 heterocycles. The molecule has 0 saturated heterocycles. The first kappa shape index (κ1) is 23.4. The summed E-state index contributed by atoms with van der Waals surface area (Å²) in [6.07, 6.45) is 0. The van der Waals surface area contributed by atoms with Crippen LogP contribution in [-0.4, -0.2) is 40.8 Å². The third-order valence-corrected chi connectivity index (χ3v) is 6.69. The lowest BCUT2D eigenvalue weighted by atomic mass is 9.97. The number of ketones is 1. The summed E-state index contributed by atoms with van der Waals surface area (Å²) in [5.74, 6) is 2.70. The van der Waals surface area contributed by atoms with Crippen molar-refractivity contribution in [1.29, 1.82) is 0 Å². The molecular weight excluding hydrogens is 452 g/mol. The number of rotatable bonds is 9. The Hall–Kier alpha value is -3.71. The summed E-state index contributed by atoms with van der Waals surface area (Å²) in [6, 6.07) is 16.8. The minimum atomic E-state index is -0.137. The Balaban J connectivity index is 1.93. The Kier molecular flexibility index (Phi) is 6.93. The fourth-order valence-electron chi connectivity index (χ4n) is 3.82. The molecule has 0 unspecified atom stereocenters. The van der Waals surface area contributed by atoms with Crippen molar-refractivity contribution in [3.63, 3.8) is 0 Å². The maximum absolute atomic E-state index is 14.0. The van der Waals surface area contributed by atoms with E-state index in [1.54, 1.807) is 51.9 Å². The van der Waals surface area contributed by atoms with Crippen molar-refractivity contribution in [2.75, 3.05) is 35.0 Å². The number of fused-ring (bicyclic) bond motifs is 1. The van der Waals surface area contributed by atoms with Gasteiger partial charge in [-0.15, -0.1) is 11.3 Å². The Morgan fingerprint density at radius 1 is 0.794 bits per heavy atom. The lowest BCUT2D eigenvalue weighted by Gasteiger charge is -2.15. The zero-order chi connectivity index (χ0) is 24.2. The van der Waals surface area contributed by atoms with Gasteiger partial charge < -0.3 is 23.7 Å². The minimum absolute atomic E-state index is 0.137. The average Bonchev–Trinajstić information content (AvgIpc) is 3.27. The highest BCUT2D eigenvalue weighted by Crippen LogP contribution is 2.44. The number of carbonyl (C=O) groups is 1. The molecule has 0 aliphatic rings. The van der Waals surface area contributed by atoms with Crippen LogP contribution < -0.4 is 23.7 Å². The van der Waals surface area contributed by atoms with Crippen LogP contribution in [-0.2, 0) is 0 Å². The molecule has 7 heteroatoms. The van der Waals surface area contributed by atoms with Gasteiger partial charge in [-0.2, -0.15) is 0 Å². The van der Waals surface area contributed by atoms with Crippen molar-refractivity contribution in [3.05, 3.63) is 65.7 Å². The number of benzene rings is 3. The molecule has 0 amide bonds. The number of hydrogen-bond donors (Lipinski definition) is 0. The maximum Gasteiger partial charge on any atom is 0.203 e. The normalized spacial score (nSPS) is 10.7. The van der Waals surface area contributed by atoms with E-state index < -0.39 is 0 Å². The van der Waals surface area contributed by atoms with Crippen LogP contribution in [0.4, 0.5) is 0 Å². The molecular formula is C27H26O6S. The zero-order valence-electron chi connectivity index (χ0n) is 19.8. The Morgan fingerprint density at radius 2 is 1.41 bits per heavy atom. The minimum Gasteiger partial charge on any atom is -0.497 e. The summed E-state index contributed by atoms with van der Waals surface area (Å²) < 4.78 is 28.4. The van der Waals surface area contributed by atoms with E-state index >= 15 is 0 Å². The van der Waals surface area contributed by atoms with Gasteiger partial charge in [0.2, 0.25) is 5.75 Å². The summed E-state index contributed by atoms with van der Waals surface area (Å²) >= 11 is 1.55. The van der Waals surface area contributed by atoms with E-state index in [0.717, 1.165) is 32.0 Å². The summed E-state index contributed by atoms with van der Waals surface area (Å²) in [7, 11) is 6.34. The predicted molar refractivity (Wildman–Crippen MR) is 135 cm³/mol. The van der Waals surface area contributed by atoms with E-state index in [1.165, 1.54) is 0 Å². The molecule has 0 bridgehead atoms. The van der Waals surface area contributed by atoms with E-state index in [0.29, 0.717) is 35.0 Å². The molecule has 4 rings (SSSR count). The monoisotopic (exact) mass is 478 g/mol. The quantitative estimate of drug-likeness (QED) is 0.266. The van der Waals surface area contributed by atoms with E-state index in [4.69, 9.17) is 23.7 Å². The summed E-state index contributed by atoms with van der Waals surface area (Å²) in [6.45, 7) is 2.32. The van der Waals surface area contributed by atoms with Crippen molar-refractivity contribution in [2.45, 2.75) is 6.92 Å². The molecule has 0 aliphatic heterocycles. The van der Waals surface area contributed by atoms with Gasteiger partial charge >= 0.3 is 0 Å². The number of hydrogen-bond acceptors (Lipinski definition) is 7. The molecule has 3 aromatic carbocycles. The fourth-order valence-corrected chi connectivity index (χ4v) is 5.05. The van der Waals surface area contributed by atoms with Crippen LogP contribution in [0.1, 0.15) is 22.8 Å². The highest BCUT2D eigenvalue weighted by Gasteiger charge is 2.25. The second kappa shape index (κ2) is 10.1. The molecule has 0 saturated carbocycles. The number of carbonyl (C=O) groups excluding carboxylic acids is 1. The van der Waals surface area contributed by atoms with Gasteiger partial charge in [0.05, 0.1) is 35.0 Å². The van der Waals surface area contributed by atoms with Crippen molar-refractivity contribution >= 4 is 27.2 Å². The van der Waals surface area contributed by atoms with Crippen LogP contribution in [0.25, 0.3) is 20.5 Å². The standard InChI is InChI=1S/C27H26O6S/c1-6-33-26-21(31-4)13-17(14-22(26)32-5)25(28)24-20-12-11-19(30-3)15-23(20)34-27(24)16-7-9-18(29-2)10-8-16/h7-15H,6H2,1-5H3. The van der Waals surface area contributed by atoms with Crippen LogP contribution in [0.2, 0.25) is 0 Å². The summed E-state index contributed by atoms with van der Waals surface area (Å²) in [5, 5.41) is 0.855. The largest absolute Gasteiger partial charge is 0.497 e. The van der Waals surface area contributed by atoms with E-state index in [2.05, 4.69) is 0 Å². The SMILES string of the molecule is CCOc1c(OC)cc(C(=O)c2c(-c3ccc(OC)cc3)sc3cc(OC)ccc23)cc1OC. The van der Waals surface area contributed by atoms with Crippen LogP contribution in [0.3, 0.4) is 0 Å². The molecule has 4 aromatic rings. The van der Waals surface area contributed by atoms with Crippen molar-refractivity contribution < 1.29 is 28.5 Å². The van der Waals surface area contributed by atoms with Gasteiger partial charge in [0, 0.05) is 26.1 Å². The van der Waals surface area contributed by atoms with Crippen LogP contribution in [0.15, 0.2) is 54.6 Å². The second-order valence-electron chi connectivity index (χ2n) is 7.37. The molecule has 0 fully saturated rings. The van der Waals surface area contributed by atoms with Gasteiger partial charge in [-0.1, -0.05) is 0 Å². The van der Waals surface area contributed by atoms with Gasteiger partial charge in [-0.05, 0) is 67.1 Å². The lowest BCUT2D eigenvalue weighted by Crippen LogP contribution is -2.05. The highest BCUT2D eigenvalue weighted by molar-refractivity contribution is 7.22. The Labute approximate surface area is 202 Å². The van der Waals surface area contributed by atoms with Gasteiger partial charge in [0.1, 0.15) is 11.5 Å². The first-order valence-corrected chi connectivity index (χ1v) is 11.5. The number of ether oxygens (including phenoxy) is 5. The van der Waals surface area contributed by atoms with Crippen molar-refractivity contribution in [2.24, 2.45) is 0 Å². The fraction of sp³-hybridized carbons (Fsp3) is 0.222. The molecule has 176 valence electrons. The number of methoxy groups -OCH3 is 4. The Morgan fingerprint density at radius 3 is 1.97 bits per heavy atom. The smallest absolute Gasteiger partial charge is 0.203 e. The van der Waals surface area contributed by atoms with Crippen LogP contribution in [0.5, 0.6) is 28.7 Å². The third-order valence-electron chi connectivity index (χ3n) is 5.49. The van der Waals surface area contributed by atoms with E-state index in [1.807, 2.05) is 49.4 Å². The number of thiophene rings is 1. The van der Waals surface area contributed by atoms with Gasteiger partial charge in [0.15, 0.2) is 17.3 Å². The summed E-state index contributed by atoms with van der Waals surface area (Å²) in [5.41, 5.74) is 1.98. The van der Waals surface area contributed by atoms with Crippen LogP contribution >= 0.6 is 11.3 Å². The topological polar surface area (TPSA) is 63.2 Å². The molecule has 0 radical (unpaired) electrons. The second-order valence-corrected chi connectivity index (χ2v) is 8.42. The van der Waals surface area contributed by atoms with Crippen molar-refractivity contribution in [3.8, 4) is 39.2 Å². The molecule has 0 spiro atoms. The molecule has 6 nitrogen and oxygen atoms in total. The molecule has 0 N–H and O–H groups in total.